The average molecular weight is 226 g/mol. The summed E-state index contributed by atoms with van der Waals surface area (Å²) < 4.78 is 0. The van der Waals surface area contributed by atoms with Gasteiger partial charge in [0.15, 0.2) is 0 Å². The number of terminal acetylenes is 1. The van der Waals surface area contributed by atoms with Crippen LogP contribution < -0.4 is 10.6 Å². The number of amides is 1. The Kier molecular flexibility index (Phi) is 5.54. The van der Waals surface area contributed by atoms with Crippen molar-refractivity contribution >= 4 is 11.9 Å². The van der Waals surface area contributed by atoms with E-state index < -0.39 is 12.0 Å². The Morgan fingerprint density at radius 2 is 2.00 bits per heavy atom. The maximum Gasteiger partial charge on any atom is 0.327 e. The molecule has 0 radical (unpaired) electrons. The molecule has 0 aromatic rings. The van der Waals surface area contributed by atoms with Crippen LogP contribution >= 0.6 is 0 Å². The molecule has 0 bridgehead atoms. The van der Waals surface area contributed by atoms with Gasteiger partial charge >= 0.3 is 5.97 Å². The highest BCUT2D eigenvalue weighted by Gasteiger charge is 2.19. The van der Waals surface area contributed by atoms with Gasteiger partial charge in [-0.1, -0.05) is 0 Å². The van der Waals surface area contributed by atoms with E-state index in [1.165, 1.54) is 0 Å². The van der Waals surface area contributed by atoms with Gasteiger partial charge in [-0.15, -0.1) is 12.3 Å². The topological polar surface area (TPSA) is 78.4 Å². The van der Waals surface area contributed by atoms with Gasteiger partial charge in [0.1, 0.15) is 6.04 Å². The molecule has 0 spiro atoms. The molecule has 0 aliphatic heterocycles. The van der Waals surface area contributed by atoms with Crippen molar-refractivity contribution in [1.82, 2.24) is 10.6 Å². The smallest absolute Gasteiger partial charge is 0.327 e. The lowest BCUT2D eigenvalue weighted by atomic mass is 10.1. The van der Waals surface area contributed by atoms with Gasteiger partial charge in [-0.3, -0.25) is 4.79 Å². The summed E-state index contributed by atoms with van der Waals surface area (Å²) in [5, 5.41) is 14.0. The standard InChI is InChI=1S/C11H18N2O3/c1-5-6-8(10(15)16)13-9(14)7-12-11(2,3)4/h1,8,12H,6-7H2,2-4H3,(H,13,14)(H,15,16). The van der Waals surface area contributed by atoms with Gasteiger partial charge in [0.2, 0.25) is 5.91 Å². The summed E-state index contributed by atoms with van der Waals surface area (Å²) in [7, 11) is 0. The lowest BCUT2D eigenvalue weighted by molar-refractivity contribution is -0.141. The van der Waals surface area contributed by atoms with Gasteiger partial charge in [-0.25, -0.2) is 4.79 Å². The summed E-state index contributed by atoms with van der Waals surface area (Å²) >= 11 is 0. The fraction of sp³-hybridized carbons (Fsp3) is 0.636. The van der Waals surface area contributed by atoms with Crippen molar-refractivity contribution in [2.45, 2.75) is 38.8 Å². The highest BCUT2D eigenvalue weighted by Crippen LogP contribution is 1.97. The molecule has 1 amide bonds. The molecule has 0 fully saturated rings. The van der Waals surface area contributed by atoms with Crippen molar-refractivity contribution < 1.29 is 14.7 Å². The molecule has 0 aromatic heterocycles. The average Bonchev–Trinajstić information content (AvgIpc) is 2.13. The zero-order valence-corrected chi connectivity index (χ0v) is 9.83. The summed E-state index contributed by atoms with van der Waals surface area (Å²) in [5.41, 5.74) is -0.192. The lowest BCUT2D eigenvalue weighted by Gasteiger charge is -2.20. The number of carboxylic acid groups (broad SMARTS) is 1. The molecule has 0 saturated carbocycles. The van der Waals surface area contributed by atoms with Crippen LogP contribution in [-0.2, 0) is 9.59 Å². The first kappa shape index (κ1) is 14.5. The van der Waals surface area contributed by atoms with Gasteiger partial charge in [-0.2, -0.15) is 0 Å². The summed E-state index contributed by atoms with van der Waals surface area (Å²) in [5.74, 6) is 0.711. The number of hydrogen-bond acceptors (Lipinski definition) is 3. The monoisotopic (exact) mass is 226 g/mol. The molecule has 0 aliphatic rings. The van der Waals surface area contributed by atoms with Crippen LogP contribution in [0.25, 0.3) is 0 Å². The normalized spacial score (nSPS) is 12.6. The Labute approximate surface area is 95.6 Å². The van der Waals surface area contributed by atoms with E-state index in [0.717, 1.165) is 0 Å². The third-order valence-electron chi connectivity index (χ3n) is 1.73. The van der Waals surface area contributed by atoms with Crippen LogP contribution in [0.5, 0.6) is 0 Å². The molecule has 1 atom stereocenters. The Hall–Kier alpha value is -1.54. The van der Waals surface area contributed by atoms with E-state index in [1.807, 2.05) is 20.8 Å². The largest absolute Gasteiger partial charge is 0.480 e. The molecule has 1 unspecified atom stereocenters. The number of carboxylic acids is 1. The van der Waals surface area contributed by atoms with Crippen molar-refractivity contribution in [1.29, 1.82) is 0 Å². The molecule has 0 saturated heterocycles. The van der Waals surface area contributed by atoms with Crippen LogP contribution in [-0.4, -0.2) is 35.1 Å². The number of aliphatic carboxylic acids is 1. The first-order chi connectivity index (χ1) is 7.26. The van der Waals surface area contributed by atoms with Crippen molar-refractivity contribution in [3.8, 4) is 12.3 Å². The fourth-order valence-corrected chi connectivity index (χ4v) is 0.909. The summed E-state index contributed by atoms with van der Waals surface area (Å²) in [6.45, 7) is 5.81. The number of rotatable bonds is 5. The van der Waals surface area contributed by atoms with Crippen LogP contribution in [0.4, 0.5) is 0 Å². The van der Waals surface area contributed by atoms with E-state index in [4.69, 9.17) is 11.5 Å². The van der Waals surface area contributed by atoms with Crippen LogP contribution in [0, 0.1) is 12.3 Å². The van der Waals surface area contributed by atoms with E-state index in [0.29, 0.717) is 0 Å². The van der Waals surface area contributed by atoms with E-state index in [1.54, 1.807) is 0 Å². The molecule has 0 heterocycles. The highest BCUT2D eigenvalue weighted by molar-refractivity contribution is 5.84. The Balaban J connectivity index is 4.12. The minimum absolute atomic E-state index is 0.0173. The quantitative estimate of drug-likeness (QED) is 0.575. The second-order valence-electron chi connectivity index (χ2n) is 4.47. The van der Waals surface area contributed by atoms with Crippen molar-refractivity contribution in [3.05, 3.63) is 0 Å². The van der Waals surface area contributed by atoms with Crippen LogP contribution in [0.3, 0.4) is 0 Å². The number of carbonyl (C=O) groups excluding carboxylic acids is 1. The van der Waals surface area contributed by atoms with E-state index in [2.05, 4.69) is 16.6 Å². The third kappa shape index (κ3) is 6.85. The van der Waals surface area contributed by atoms with Gasteiger partial charge in [0, 0.05) is 12.0 Å². The molecule has 16 heavy (non-hydrogen) atoms. The lowest BCUT2D eigenvalue weighted by Crippen LogP contribution is -2.48. The fourth-order valence-electron chi connectivity index (χ4n) is 0.909. The van der Waals surface area contributed by atoms with Gasteiger partial charge in [0.25, 0.3) is 0 Å². The van der Waals surface area contributed by atoms with Crippen molar-refractivity contribution in [2.24, 2.45) is 0 Å². The first-order valence-corrected chi connectivity index (χ1v) is 4.97. The summed E-state index contributed by atoms with van der Waals surface area (Å²) in [4.78, 5) is 22.1. The van der Waals surface area contributed by atoms with E-state index in [-0.39, 0.29) is 24.4 Å². The molecule has 0 aromatic carbocycles. The Bertz CT molecular complexity index is 299. The molecule has 3 N–H and O–H groups in total. The maximum absolute atomic E-state index is 11.4. The Morgan fingerprint density at radius 3 is 2.38 bits per heavy atom. The van der Waals surface area contributed by atoms with Gasteiger partial charge in [-0.05, 0) is 20.8 Å². The van der Waals surface area contributed by atoms with E-state index >= 15 is 0 Å². The minimum atomic E-state index is -1.12. The molecule has 0 rings (SSSR count). The highest BCUT2D eigenvalue weighted by atomic mass is 16.4. The van der Waals surface area contributed by atoms with Gasteiger partial charge < -0.3 is 15.7 Å². The summed E-state index contributed by atoms with van der Waals surface area (Å²) in [6, 6.07) is -1.01. The maximum atomic E-state index is 11.4. The van der Waals surface area contributed by atoms with E-state index in [9.17, 15) is 9.59 Å². The number of nitrogens with one attached hydrogen (secondary N) is 2. The molecular weight excluding hydrogens is 208 g/mol. The zero-order valence-electron chi connectivity index (χ0n) is 9.83. The second kappa shape index (κ2) is 6.13. The molecule has 0 aliphatic carbocycles. The molecule has 5 nitrogen and oxygen atoms in total. The molecular formula is C11H18N2O3. The van der Waals surface area contributed by atoms with Crippen LogP contribution in [0.1, 0.15) is 27.2 Å². The van der Waals surface area contributed by atoms with Crippen molar-refractivity contribution in [3.63, 3.8) is 0 Å². The van der Waals surface area contributed by atoms with Crippen LogP contribution in [0.2, 0.25) is 0 Å². The van der Waals surface area contributed by atoms with Crippen LogP contribution in [0.15, 0.2) is 0 Å². The predicted octanol–water partition coefficient (Wildman–Crippen LogP) is -0.0328. The Morgan fingerprint density at radius 1 is 1.44 bits per heavy atom. The molecule has 90 valence electrons. The second-order valence-corrected chi connectivity index (χ2v) is 4.47. The predicted molar refractivity (Wildman–Crippen MR) is 60.8 cm³/mol. The molecule has 5 heteroatoms. The zero-order chi connectivity index (χ0) is 12.8. The van der Waals surface area contributed by atoms with Crippen molar-refractivity contribution in [2.75, 3.05) is 6.54 Å². The minimum Gasteiger partial charge on any atom is -0.480 e. The number of carbonyl (C=O) groups is 2. The SMILES string of the molecule is C#CCC(NC(=O)CNC(C)(C)C)C(=O)O. The van der Waals surface area contributed by atoms with Gasteiger partial charge in [0.05, 0.1) is 6.54 Å². The third-order valence-corrected chi connectivity index (χ3v) is 1.73. The first-order valence-electron chi connectivity index (χ1n) is 4.97. The number of hydrogen-bond donors (Lipinski definition) is 3. The summed E-state index contributed by atoms with van der Waals surface area (Å²) in [6.07, 6.45) is 4.99.